The van der Waals surface area contributed by atoms with Gasteiger partial charge in [-0.25, -0.2) is 4.98 Å². The van der Waals surface area contributed by atoms with Gasteiger partial charge in [-0.1, -0.05) is 23.9 Å². The summed E-state index contributed by atoms with van der Waals surface area (Å²) in [5.74, 6) is 0.985. The summed E-state index contributed by atoms with van der Waals surface area (Å²) in [6, 6.07) is 12.4. The molecule has 1 heterocycles. The quantitative estimate of drug-likeness (QED) is 0.257. The number of ether oxygens (including phenoxy) is 3. The van der Waals surface area contributed by atoms with Gasteiger partial charge in [0.1, 0.15) is 0 Å². The Morgan fingerprint density at radius 3 is 2.61 bits per heavy atom. The summed E-state index contributed by atoms with van der Waals surface area (Å²) in [6.45, 7) is 4.95. The summed E-state index contributed by atoms with van der Waals surface area (Å²) < 4.78 is 17.7. The van der Waals surface area contributed by atoms with Gasteiger partial charge in [0.15, 0.2) is 16.7 Å². The second kappa shape index (κ2) is 11.7. The van der Waals surface area contributed by atoms with E-state index in [2.05, 4.69) is 10.3 Å². The van der Waals surface area contributed by atoms with Crippen molar-refractivity contribution in [2.45, 2.75) is 38.1 Å². The summed E-state index contributed by atoms with van der Waals surface area (Å²) in [5.41, 5.74) is 1.08. The third-order valence-electron chi connectivity index (χ3n) is 4.80. The van der Waals surface area contributed by atoms with Gasteiger partial charge in [-0.05, 0) is 44.5 Å². The van der Waals surface area contributed by atoms with Crippen LogP contribution in [0.4, 0.5) is 5.69 Å². The highest BCUT2D eigenvalue weighted by Crippen LogP contribution is 2.30. The molecule has 0 aliphatic carbocycles. The van der Waals surface area contributed by atoms with Crippen LogP contribution in [-0.4, -0.2) is 48.1 Å². The minimum Gasteiger partial charge on any atom is -0.493 e. The summed E-state index contributed by atoms with van der Waals surface area (Å²) in [5, 5.41) is 3.91. The summed E-state index contributed by atoms with van der Waals surface area (Å²) >= 11 is 1.23. The molecule has 3 rings (SSSR count). The molecule has 1 aromatic heterocycles. The number of hydrogen-bond donors (Lipinski definition) is 1. The van der Waals surface area contributed by atoms with Crippen molar-refractivity contribution in [2.75, 3.05) is 31.9 Å². The zero-order valence-electron chi connectivity index (χ0n) is 19.3. The Kier molecular flexibility index (Phi) is 8.73. The number of thioether (sulfide) groups is 1. The van der Waals surface area contributed by atoms with Gasteiger partial charge < -0.3 is 19.5 Å². The van der Waals surface area contributed by atoms with Crippen molar-refractivity contribution in [3.63, 3.8) is 0 Å². The van der Waals surface area contributed by atoms with Gasteiger partial charge in [0.25, 0.3) is 5.56 Å². The standard InChI is InChI=1S/C24H29N3O5S/c1-16(2)32-13-7-12-27-23(29)18-8-5-6-9-19(18)26-24(27)33-15-22(28)25-17-10-11-20(30-3)21(14-17)31-4/h5-6,8-11,14,16H,7,12-13,15H2,1-4H3,(H,25,28). The lowest BCUT2D eigenvalue weighted by Gasteiger charge is -2.14. The summed E-state index contributed by atoms with van der Waals surface area (Å²) in [4.78, 5) is 30.3. The van der Waals surface area contributed by atoms with Gasteiger partial charge in [-0.2, -0.15) is 0 Å². The van der Waals surface area contributed by atoms with Crippen LogP contribution in [0, 0.1) is 0 Å². The van der Waals surface area contributed by atoms with Crippen LogP contribution in [0.1, 0.15) is 20.3 Å². The van der Waals surface area contributed by atoms with E-state index in [0.29, 0.717) is 52.8 Å². The number of aromatic nitrogens is 2. The molecule has 0 spiro atoms. The molecule has 0 saturated heterocycles. The van der Waals surface area contributed by atoms with Crippen LogP contribution in [0.15, 0.2) is 52.4 Å². The maximum atomic E-state index is 13.1. The van der Waals surface area contributed by atoms with E-state index in [1.165, 1.54) is 18.9 Å². The van der Waals surface area contributed by atoms with Gasteiger partial charge in [-0.3, -0.25) is 14.2 Å². The van der Waals surface area contributed by atoms with Crippen LogP contribution in [0.25, 0.3) is 10.9 Å². The molecule has 3 aromatic rings. The first-order valence-corrected chi connectivity index (χ1v) is 11.7. The van der Waals surface area contributed by atoms with E-state index >= 15 is 0 Å². The molecule has 33 heavy (non-hydrogen) atoms. The molecule has 0 aliphatic rings. The number of fused-ring (bicyclic) bond motifs is 1. The third kappa shape index (κ3) is 6.49. The second-order valence-corrected chi connectivity index (χ2v) is 8.49. The molecule has 0 atom stereocenters. The van der Waals surface area contributed by atoms with Gasteiger partial charge >= 0.3 is 0 Å². The van der Waals surface area contributed by atoms with E-state index in [1.54, 1.807) is 42.0 Å². The molecular weight excluding hydrogens is 442 g/mol. The first-order valence-electron chi connectivity index (χ1n) is 10.7. The van der Waals surface area contributed by atoms with Crippen LogP contribution in [0.2, 0.25) is 0 Å². The molecule has 0 bridgehead atoms. The molecule has 1 N–H and O–H groups in total. The monoisotopic (exact) mass is 471 g/mol. The number of para-hydroxylation sites is 1. The number of carbonyl (C=O) groups excluding carboxylic acids is 1. The van der Waals surface area contributed by atoms with Gasteiger partial charge in [-0.15, -0.1) is 0 Å². The highest BCUT2D eigenvalue weighted by atomic mass is 32.2. The van der Waals surface area contributed by atoms with Crippen molar-refractivity contribution < 1.29 is 19.0 Å². The number of anilines is 1. The normalized spacial score (nSPS) is 11.1. The van der Waals surface area contributed by atoms with Crippen LogP contribution in [0.3, 0.4) is 0 Å². The van der Waals surface area contributed by atoms with E-state index in [1.807, 2.05) is 26.0 Å². The van der Waals surface area contributed by atoms with Crippen molar-refractivity contribution in [2.24, 2.45) is 0 Å². The minimum atomic E-state index is -0.218. The summed E-state index contributed by atoms with van der Waals surface area (Å²) in [7, 11) is 3.09. The Labute approximate surface area is 197 Å². The number of nitrogens with one attached hydrogen (secondary N) is 1. The number of methoxy groups -OCH3 is 2. The first kappa shape index (κ1) is 24.6. The number of carbonyl (C=O) groups is 1. The molecule has 9 heteroatoms. The van der Waals surface area contributed by atoms with Gasteiger partial charge in [0.2, 0.25) is 5.91 Å². The zero-order valence-corrected chi connectivity index (χ0v) is 20.1. The smallest absolute Gasteiger partial charge is 0.262 e. The molecule has 2 aromatic carbocycles. The fourth-order valence-corrected chi connectivity index (χ4v) is 4.06. The maximum Gasteiger partial charge on any atom is 0.262 e. The number of nitrogens with zero attached hydrogens (tertiary/aromatic N) is 2. The predicted molar refractivity (Wildman–Crippen MR) is 131 cm³/mol. The Balaban J connectivity index is 1.74. The average Bonchev–Trinajstić information content (AvgIpc) is 2.81. The number of rotatable bonds is 11. The molecule has 0 aliphatic heterocycles. The van der Waals surface area contributed by atoms with Crippen molar-refractivity contribution >= 4 is 34.3 Å². The zero-order chi connectivity index (χ0) is 23.8. The van der Waals surface area contributed by atoms with E-state index in [9.17, 15) is 9.59 Å². The van der Waals surface area contributed by atoms with Gasteiger partial charge in [0, 0.05) is 24.9 Å². The lowest BCUT2D eigenvalue weighted by atomic mass is 10.2. The van der Waals surface area contributed by atoms with E-state index in [-0.39, 0.29) is 23.3 Å². The Hall–Kier alpha value is -3.04. The Morgan fingerprint density at radius 1 is 1.12 bits per heavy atom. The first-order chi connectivity index (χ1) is 15.9. The Bertz CT molecular complexity index is 1160. The number of amides is 1. The van der Waals surface area contributed by atoms with Crippen molar-refractivity contribution in [1.29, 1.82) is 0 Å². The number of hydrogen-bond acceptors (Lipinski definition) is 7. The SMILES string of the molecule is COc1ccc(NC(=O)CSc2nc3ccccc3c(=O)n2CCCOC(C)C)cc1OC. The van der Waals surface area contributed by atoms with E-state index < -0.39 is 0 Å². The van der Waals surface area contributed by atoms with E-state index in [0.717, 1.165) is 0 Å². The molecule has 0 radical (unpaired) electrons. The molecular formula is C24H29N3O5S. The highest BCUT2D eigenvalue weighted by molar-refractivity contribution is 7.99. The molecule has 0 saturated carbocycles. The van der Waals surface area contributed by atoms with Crippen molar-refractivity contribution in [1.82, 2.24) is 9.55 Å². The molecule has 8 nitrogen and oxygen atoms in total. The third-order valence-corrected chi connectivity index (χ3v) is 5.78. The maximum absolute atomic E-state index is 13.1. The van der Waals surface area contributed by atoms with Crippen LogP contribution < -0.4 is 20.3 Å². The molecule has 176 valence electrons. The molecule has 1 amide bonds. The Morgan fingerprint density at radius 2 is 1.88 bits per heavy atom. The summed E-state index contributed by atoms with van der Waals surface area (Å²) in [6.07, 6.45) is 0.800. The fraction of sp³-hybridized carbons (Fsp3) is 0.375. The lowest BCUT2D eigenvalue weighted by molar-refractivity contribution is -0.113. The number of benzene rings is 2. The van der Waals surface area contributed by atoms with E-state index in [4.69, 9.17) is 14.2 Å². The predicted octanol–water partition coefficient (Wildman–Crippen LogP) is 3.96. The topological polar surface area (TPSA) is 91.7 Å². The molecule has 0 unspecified atom stereocenters. The van der Waals surface area contributed by atoms with Crippen molar-refractivity contribution in [3.8, 4) is 11.5 Å². The lowest BCUT2D eigenvalue weighted by Crippen LogP contribution is -2.25. The van der Waals surface area contributed by atoms with Gasteiger partial charge in [0.05, 0.1) is 37.0 Å². The minimum absolute atomic E-state index is 0.0988. The van der Waals surface area contributed by atoms with Crippen LogP contribution >= 0.6 is 11.8 Å². The largest absolute Gasteiger partial charge is 0.493 e. The van der Waals surface area contributed by atoms with Crippen LogP contribution in [0.5, 0.6) is 11.5 Å². The fourth-order valence-electron chi connectivity index (χ4n) is 3.24. The highest BCUT2D eigenvalue weighted by Gasteiger charge is 2.14. The second-order valence-electron chi connectivity index (χ2n) is 7.55. The average molecular weight is 472 g/mol. The van der Waals surface area contributed by atoms with Crippen LogP contribution in [-0.2, 0) is 16.1 Å². The molecule has 0 fully saturated rings. The van der Waals surface area contributed by atoms with Crippen molar-refractivity contribution in [3.05, 3.63) is 52.8 Å².